The Bertz CT molecular complexity index is 937. The summed E-state index contributed by atoms with van der Waals surface area (Å²) in [5, 5.41) is 3.69. The summed E-state index contributed by atoms with van der Waals surface area (Å²) in [5.41, 5.74) is 1.61. The number of amides is 2. The lowest BCUT2D eigenvalue weighted by molar-refractivity contribution is -0.133. The summed E-state index contributed by atoms with van der Waals surface area (Å²) in [6.07, 6.45) is 2.73. The Kier molecular flexibility index (Phi) is 8.79. The van der Waals surface area contributed by atoms with Gasteiger partial charge in [-0.05, 0) is 61.7 Å². The molecule has 1 heterocycles. The van der Waals surface area contributed by atoms with Crippen molar-refractivity contribution < 1.29 is 14.3 Å². The maximum atomic E-state index is 13.2. The van der Waals surface area contributed by atoms with Gasteiger partial charge in [0.15, 0.2) is 0 Å². The van der Waals surface area contributed by atoms with E-state index >= 15 is 0 Å². The van der Waals surface area contributed by atoms with Crippen molar-refractivity contribution in [2.24, 2.45) is 0 Å². The van der Waals surface area contributed by atoms with Crippen molar-refractivity contribution in [2.75, 3.05) is 38.6 Å². The van der Waals surface area contributed by atoms with E-state index in [1.807, 2.05) is 41.0 Å². The molecule has 0 spiro atoms. The monoisotopic (exact) mass is 477 g/mol. The molecular weight excluding hydrogens is 449 g/mol. The summed E-state index contributed by atoms with van der Waals surface area (Å²) in [4.78, 5) is 29.6. The number of hydrogen-bond donors (Lipinski definition) is 1. The molecule has 0 aliphatic carbocycles. The number of hydrogen-bond acceptors (Lipinski definition) is 4. The lowest BCUT2D eigenvalue weighted by Crippen LogP contribution is -2.43. The molecule has 0 saturated carbocycles. The van der Waals surface area contributed by atoms with Gasteiger partial charge in [-0.2, -0.15) is 0 Å². The highest BCUT2D eigenvalue weighted by Crippen LogP contribution is 2.33. The number of ether oxygens (including phenoxy) is 1. The standard InChI is InChI=1S/C24H29Cl2N3O3/c1-3-12-28(15-23(30)27-21-11-8-18(25)14-20(21)26)16-24(31)29-13-4-5-22(29)17-6-9-19(32-2)10-7-17/h6-11,14,22H,3-5,12-13,15-16H2,1-2H3,(H,27,30). The Morgan fingerprint density at radius 1 is 1.16 bits per heavy atom. The summed E-state index contributed by atoms with van der Waals surface area (Å²) >= 11 is 12.1. The van der Waals surface area contributed by atoms with E-state index in [2.05, 4.69) is 5.32 Å². The number of carbonyl (C=O) groups excluding carboxylic acids is 2. The van der Waals surface area contributed by atoms with Gasteiger partial charge in [0.1, 0.15) is 5.75 Å². The third-order valence-electron chi connectivity index (χ3n) is 5.54. The van der Waals surface area contributed by atoms with Crippen molar-refractivity contribution in [3.63, 3.8) is 0 Å². The average molecular weight is 478 g/mol. The van der Waals surface area contributed by atoms with E-state index in [-0.39, 0.29) is 30.9 Å². The molecule has 1 aliphatic rings. The molecule has 1 fully saturated rings. The van der Waals surface area contributed by atoms with Crippen molar-refractivity contribution >= 4 is 40.7 Å². The highest BCUT2D eigenvalue weighted by molar-refractivity contribution is 6.36. The van der Waals surface area contributed by atoms with E-state index in [0.29, 0.717) is 22.3 Å². The Labute approximate surface area is 199 Å². The molecule has 1 unspecified atom stereocenters. The number of nitrogens with zero attached hydrogens (tertiary/aromatic N) is 2. The lowest BCUT2D eigenvalue weighted by Gasteiger charge is -2.28. The zero-order valence-electron chi connectivity index (χ0n) is 18.4. The average Bonchev–Trinajstić information content (AvgIpc) is 3.26. The first-order valence-corrected chi connectivity index (χ1v) is 11.6. The van der Waals surface area contributed by atoms with Crippen LogP contribution < -0.4 is 10.1 Å². The summed E-state index contributed by atoms with van der Waals surface area (Å²) in [7, 11) is 1.64. The van der Waals surface area contributed by atoms with E-state index in [9.17, 15) is 9.59 Å². The second-order valence-electron chi connectivity index (χ2n) is 7.90. The van der Waals surface area contributed by atoms with E-state index < -0.39 is 0 Å². The van der Waals surface area contributed by atoms with Gasteiger partial charge in [-0.3, -0.25) is 14.5 Å². The fourth-order valence-electron chi connectivity index (χ4n) is 4.03. The number of carbonyl (C=O) groups is 2. The summed E-state index contributed by atoms with van der Waals surface area (Å²) < 4.78 is 5.24. The van der Waals surface area contributed by atoms with Crippen LogP contribution in [0.2, 0.25) is 10.0 Å². The van der Waals surface area contributed by atoms with Gasteiger partial charge in [0.2, 0.25) is 11.8 Å². The highest BCUT2D eigenvalue weighted by atomic mass is 35.5. The minimum absolute atomic E-state index is 0.0362. The first kappa shape index (κ1) is 24.4. The van der Waals surface area contributed by atoms with Crippen LogP contribution in [0.15, 0.2) is 42.5 Å². The van der Waals surface area contributed by atoms with Crippen molar-refractivity contribution in [3.8, 4) is 5.75 Å². The van der Waals surface area contributed by atoms with Crippen molar-refractivity contribution in [1.82, 2.24) is 9.80 Å². The van der Waals surface area contributed by atoms with Gasteiger partial charge in [0.25, 0.3) is 0 Å². The number of nitrogens with one attached hydrogen (secondary N) is 1. The largest absolute Gasteiger partial charge is 0.497 e. The maximum absolute atomic E-state index is 13.2. The van der Waals surface area contributed by atoms with Crippen LogP contribution in [0, 0.1) is 0 Å². The Morgan fingerprint density at radius 3 is 2.56 bits per heavy atom. The molecule has 0 aromatic heterocycles. The zero-order valence-corrected chi connectivity index (χ0v) is 20.0. The molecule has 1 saturated heterocycles. The molecular formula is C24H29Cl2N3O3. The third kappa shape index (κ3) is 6.37. The van der Waals surface area contributed by atoms with Gasteiger partial charge < -0.3 is 15.0 Å². The fourth-order valence-corrected chi connectivity index (χ4v) is 4.49. The van der Waals surface area contributed by atoms with Crippen molar-refractivity contribution in [2.45, 2.75) is 32.2 Å². The molecule has 32 heavy (non-hydrogen) atoms. The van der Waals surface area contributed by atoms with Crippen LogP contribution in [0.5, 0.6) is 5.75 Å². The maximum Gasteiger partial charge on any atom is 0.238 e. The van der Waals surface area contributed by atoms with Crippen LogP contribution in [0.1, 0.15) is 37.8 Å². The first-order chi connectivity index (χ1) is 15.4. The molecule has 8 heteroatoms. The number of rotatable bonds is 9. The number of benzene rings is 2. The normalized spacial score (nSPS) is 15.8. The Balaban J connectivity index is 1.62. The van der Waals surface area contributed by atoms with Crippen LogP contribution in [-0.4, -0.2) is 54.9 Å². The fraction of sp³-hybridized carbons (Fsp3) is 0.417. The highest BCUT2D eigenvalue weighted by Gasteiger charge is 2.31. The van der Waals surface area contributed by atoms with Crippen LogP contribution in [-0.2, 0) is 9.59 Å². The molecule has 0 radical (unpaired) electrons. The molecule has 1 N–H and O–H groups in total. The van der Waals surface area contributed by atoms with Gasteiger partial charge >= 0.3 is 0 Å². The molecule has 2 aromatic carbocycles. The number of halogens is 2. The molecule has 2 aromatic rings. The quantitative estimate of drug-likeness (QED) is 0.550. The van der Waals surface area contributed by atoms with Crippen LogP contribution in [0.3, 0.4) is 0 Å². The first-order valence-electron chi connectivity index (χ1n) is 10.8. The van der Waals surface area contributed by atoms with E-state index in [1.54, 1.807) is 25.3 Å². The third-order valence-corrected chi connectivity index (χ3v) is 6.09. The van der Waals surface area contributed by atoms with Crippen LogP contribution in [0.4, 0.5) is 5.69 Å². The van der Waals surface area contributed by atoms with Gasteiger partial charge in [0.05, 0.1) is 37.0 Å². The van der Waals surface area contributed by atoms with Crippen LogP contribution >= 0.6 is 23.2 Å². The van der Waals surface area contributed by atoms with Crippen molar-refractivity contribution in [1.29, 1.82) is 0 Å². The summed E-state index contributed by atoms with van der Waals surface area (Å²) in [6.45, 7) is 3.71. The minimum Gasteiger partial charge on any atom is -0.497 e. The summed E-state index contributed by atoms with van der Waals surface area (Å²) in [6, 6.07) is 12.9. The molecule has 1 aliphatic heterocycles. The number of methoxy groups -OCH3 is 1. The van der Waals surface area contributed by atoms with E-state index in [4.69, 9.17) is 27.9 Å². The smallest absolute Gasteiger partial charge is 0.238 e. The predicted molar refractivity (Wildman–Crippen MR) is 129 cm³/mol. The Hall–Kier alpha value is -2.28. The van der Waals surface area contributed by atoms with Gasteiger partial charge in [-0.1, -0.05) is 42.3 Å². The van der Waals surface area contributed by atoms with Crippen molar-refractivity contribution in [3.05, 3.63) is 58.1 Å². The second-order valence-corrected chi connectivity index (χ2v) is 8.74. The Morgan fingerprint density at radius 2 is 1.91 bits per heavy atom. The van der Waals surface area contributed by atoms with E-state index in [0.717, 1.165) is 37.1 Å². The van der Waals surface area contributed by atoms with Gasteiger partial charge in [-0.15, -0.1) is 0 Å². The molecule has 1 atom stereocenters. The molecule has 0 bridgehead atoms. The SMILES string of the molecule is CCCN(CC(=O)Nc1ccc(Cl)cc1Cl)CC(=O)N1CCCC1c1ccc(OC)cc1. The lowest BCUT2D eigenvalue weighted by atomic mass is 10.0. The molecule has 172 valence electrons. The molecule has 3 rings (SSSR count). The van der Waals surface area contributed by atoms with Gasteiger partial charge in [0, 0.05) is 11.6 Å². The van der Waals surface area contributed by atoms with E-state index in [1.165, 1.54) is 0 Å². The zero-order chi connectivity index (χ0) is 23.1. The minimum atomic E-state index is -0.219. The predicted octanol–water partition coefficient (Wildman–Crippen LogP) is 5.02. The second kappa shape index (κ2) is 11.5. The van der Waals surface area contributed by atoms with Crippen LogP contribution in [0.25, 0.3) is 0 Å². The summed E-state index contributed by atoms with van der Waals surface area (Å²) in [5.74, 6) is 0.614. The molecule has 6 nitrogen and oxygen atoms in total. The molecule has 2 amide bonds. The topological polar surface area (TPSA) is 61.9 Å². The number of likely N-dealkylation sites (tertiary alicyclic amines) is 1. The van der Waals surface area contributed by atoms with Gasteiger partial charge in [-0.25, -0.2) is 0 Å². The number of anilines is 1.